The van der Waals surface area contributed by atoms with Crippen molar-refractivity contribution in [3.05, 3.63) is 39.8 Å². The maximum absolute atomic E-state index is 5.87. The number of hydrogen-bond acceptors (Lipinski definition) is 1. The largest absolute Gasteiger partial charge is 0.367 e. The van der Waals surface area contributed by atoms with Crippen molar-refractivity contribution in [3.63, 3.8) is 0 Å². The fourth-order valence-corrected chi connectivity index (χ4v) is 2.78. The van der Waals surface area contributed by atoms with Crippen LogP contribution in [-0.2, 0) is 0 Å². The predicted octanol–water partition coefficient (Wildman–Crippen LogP) is 4.22. The van der Waals surface area contributed by atoms with E-state index in [9.17, 15) is 0 Å². The van der Waals surface area contributed by atoms with Crippen molar-refractivity contribution < 1.29 is 0 Å². The minimum Gasteiger partial charge on any atom is -0.367 e. The van der Waals surface area contributed by atoms with E-state index in [4.69, 9.17) is 11.6 Å². The van der Waals surface area contributed by atoms with Gasteiger partial charge in [0, 0.05) is 22.2 Å². The Labute approximate surface area is 104 Å². The Bertz CT molecular complexity index is 372. The van der Waals surface area contributed by atoms with Crippen LogP contribution < -0.4 is 4.90 Å². The van der Waals surface area contributed by atoms with Crippen LogP contribution in [0.1, 0.15) is 12.8 Å². The maximum Gasteiger partial charge on any atom is 0.0604 e. The van der Waals surface area contributed by atoms with Crippen molar-refractivity contribution in [3.8, 4) is 0 Å². The highest BCUT2D eigenvalue weighted by molar-refractivity contribution is 9.11. The summed E-state index contributed by atoms with van der Waals surface area (Å²) in [5, 5.41) is 0.785. The van der Waals surface area contributed by atoms with E-state index in [-0.39, 0.29) is 0 Å². The summed E-state index contributed by atoms with van der Waals surface area (Å²) in [7, 11) is 2.12. The summed E-state index contributed by atoms with van der Waals surface area (Å²) >= 11 is 9.48. The lowest BCUT2D eigenvalue weighted by Crippen LogP contribution is -2.29. The molecule has 0 fully saturated rings. The molecular weight excluding hydrogens is 273 g/mol. The molecule has 0 spiro atoms. The van der Waals surface area contributed by atoms with Gasteiger partial charge >= 0.3 is 0 Å². The number of likely N-dealkylation sites (N-methyl/N-ethyl adjacent to an activating group) is 1. The van der Waals surface area contributed by atoms with Crippen molar-refractivity contribution >= 4 is 33.2 Å². The molecule has 0 aliphatic heterocycles. The molecule has 0 N–H and O–H groups in total. The molecule has 80 valence electrons. The first-order chi connectivity index (χ1) is 7.18. The van der Waals surface area contributed by atoms with Crippen LogP contribution in [0, 0.1) is 0 Å². The third kappa shape index (κ3) is 2.37. The summed E-state index contributed by atoms with van der Waals surface area (Å²) in [6, 6.07) is 8.45. The third-order valence-corrected chi connectivity index (χ3v) is 3.90. The molecule has 0 amide bonds. The zero-order valence-corrected chi connectivity index (χ0v) is 10.9. The zero-order valence-electron chi connectivity index (χ0n) is 8.58. The lowest BCUT2D eigenvalue weighted by atomic mass is 10.2. The van der Waals surface area contributed by atoms with Gasteiger partial charge in [-0.05, 0) is 37.1 Å². The van der Waals surface area contributed by atoms with E-state index >= 15 is 0 Å². The van der Waals surface area contributed by atoms with E-state index in [2.05, 4.69) is 46.1 Å². The van der Waals surface area contributed by atoms with Crippen LogP contribution in [0.2, 0.25) is 5.02 Å². The van der Waals surface area contributed by atoms with Gasteiger partial charge in [-0.2, -0.15) is 0 Å². The highest BCUT2D eigenvalue weighted by Crippen LogP contribution is 2.31. The number of rotatable bonds is 2. The Morgan fingerprint density at radius 2 is 2.00 bits per heavy atom. The second-order valence-electron chi connectivity index (χ2n) is 3.77. The molecule has 0 aromatic heterocycles. The quantitative estimate of drug-likeness (QED) is 0.787. The Morgan fingerprint density at radius 1 is 1.33 bits per heavy atom. The molecule has 1 aliphatic carbocycles. The van der Waals surface area contributed by atoms with Crippen molar-refractivity contribution in [1.82, 2.24) is 0 Å². The Hall–Kier alpha value is -0.470. The van der Waals surface area contributed by atoms with Crippen molar-refractivity contribution in [1.29, 1.82) is 0 Å². The summed E-state index contributed by atoms with van der Waals surface area (Å²) in [5.41, 5.74) is 1.21. The molecule has 0 heterocycles. The van der Waals surface area contributed by atoms with Gasteiger partial charge in [0.05, 0.1) is 6.04 Å². The lowest BCUT2D eigenvalue weighted by molar-refractivity contribution is 0.719. The molecule has 3 heteroatoms. The van der Waals surface area contributed by atoms with E-state index in [0.29, 0.717) is 6.04 Å². The SMILES string of the molecule is CN(c1ccc(Cl)cc1)C1CCC=C1Br. The van der Waals surface area contributed by atoms with E-state index in [1.165, 1.54) is 16.6 Å². The fourth-order valence-electron chi connectivity index (χ4n) is 1.89. The van der Waals surface area contributed by atoms with Gasteiger partial charge in [0.2, 0.25) is 0 Å². The molecule has 1 atom stereocenters. The zero-order chi connectivity index (χ0) is 10.8. The van der Waals surface area contributed by atoms with Crippen LogP contribution >= 0.6 is 27.5 Å². The van der Waals surface area contributed by atoms with Crippen molar-refractivity contribution in [2.45, 2.75) is 18.9 Å². The standard InChI is InChI=1S/C12H13BrClN/c1-15(12-4-2-3-11(12)13)10-7-5-9(14)6-8-10/h3,5-8,12H,2,4H2,1H3. The first-order valence-electron chi connectivity index (χ1n) is 5.02. The number of allylic oxidation sites excluding steroid dienone is 1. The number of hydrogen-bond donors (Lipinski definition) is 0. The summed E-state index contributed by atoms with van der Waals surface area (Å²) in [5.74, 6) is 0. The second-order valence-corrected chi connectivity index (χ2v) is 5.12. The summed E-state index contributed by atoms with van der Waals surface area (Å²) in [6.07, 6.45) is 4.58. The molecule has 1 aromatic rings. The average molecular weight is 287 g/mol. The smallest absolute Gasteiger partial charge is 0.0604 e. The minimum atomic E-state index is 0.478. The Morgan fingerprint density at radius 3 is 2.53 bits per heavy atom. The van der Waals surface area contributed by atoms with E-state index in [1.807, 2.05) is 12.1 Å². The lowest BCUT2D eigenvalue weighted by Gasteiger charge is -2.27. The van der Waals surface area contributed by atoms with Crippen LogP contribution in [0.5, 0.6) is 0 Å². The van der Waals surface area contributed by atoms with Crippen LogP contribution in [0.25, 0.3) is 0 Å². The Balaban J connectivity index is 2.17. The van der Waals surface area contributed by atoms with Gasteiger partial charge in [-0.25, -0.2) is 0 Å². The molecule has 0 saturated heterocycles. The maximum atomic E-state index is 5.87. The molecule has 1 nitrogen and oxygen atoms in total. The highest BCUT2D eigenvalue weighted by atomic mass is 79.9. The summed E-state index contributed by atoms with van der Waals surface area (Å²) in [6.45, 7) is 0. The highest BCUT2D eigenvalue weighted by Gasteiger charge is 2.21. The van der Waals surface area contributed by atoms with E-state index in [0.717, 1.165) is 11.4 Å². The molecule has 15 heavy (non-hydrogen) atoms. The average Bonchev–Trinajstić information content (AvgIpc) is 2.65. The van der Waals surface area contributed by atoms with Crippen LogP contribution in [0.3, 0.4) is 0 Å². The molecule has 0 saturated carbocycles. The fraction of sp³-hybridized carbons (Fsp3) is 0.333. The molecule has 0 radical (unpaired) electrons. The van der Waals surface area contributed by atoms with Crippen LogP contribution in [-0.4, -0.2) is 13.1 Å². The monoisotopic (exact) mass is 285 g/mol. The summed E-state index contributed by atoms with van der Waals surface area (Å²) < 4.78 is 1.29. The molecule has 1 aliphatic rings. The summed E-state index contributed by atoms with van der Waals surface area (Å²) in [4.78, 5) is 2.28. The van der Waals surface area contributed by atoms with Crippen molar-refractivity contribution in [2.75, 3.05) is 11.9 Å². The molecule has 1 aromatic carbocycles. The van der Waals surface area contributed by atoms with E-state index < -0.39 is 0 Å². The van der Waals surface area contributed by atoms with Gasteiger partial charge in [-0.1, -0.05) is 33.6 Å². The van der Waals surface area contributed by atoms with Gasteiger partial charge < -0.3 is 4.90 Å². The normalized spacial score (nSPS) is 20.2. The molecule has 0 bridgehead atoms. The third-order valence-electron chi connectivity index (χ3n) is 2.80. The van der Waals surface area contributed by atoms with Gasteiger partial charge in [0.15, 0.2) is 0 Å². The Kier molecular flexibility index (Phi) is 3.37. The number of nitrogens with zero attached hydrogens (tertiary/aromatic N) is 1. The predicted molar refractivity (Wildman–Crippen MR) is 69.9 cm³/mol. The van der Waals surface area contributed by atoms with Crippen molar-refractivity contribution in [2.24, 2.45) is 0 Å². The molecule has 2 rings (SSSR count). The van der Waals surface area contributed by atoms with Crippen LogP contribution in [0.15, 0.2) is 34.8 Å². The molecular formula is C12H13BrClN. The molecule has 1 unspecified atom stereocenters. The van der Waals surface area contributed by atoms with Gasteiger partial charge in [0.25, 0.3) is 0 Å². The van der Waals surface area contributed by atoms with Gasteiger partial charge in [0.1, 0.15) is 0 Å². The second kappa shape index (κ2) is 4.58. The number of anilines is 1. The first kappa shape index (κ1) is 11.0. The minimum absolute atomic E-state index is 0.478. The van der Waals surface area contributed by atoms with Gasteiger partial charge in [-0.3, -0.25) is 0 Å². The topological polar surface area (TPSA) is 3.24 Å². The number of halogens is 2. The number of benzene rings is 1. The van der Waals surface area contributed by atoms with E-state index in [1.54, 1.807) is 0 Å². The first-order valence-corrected chi connectivity index (χ1v) is 6.19. The van der Waals surface area contributed by atoms with Crippen LogP contribution in [0.4, 0.5) is 5.69 Å². The van der Waals surface area contributed by atoms with Gasteiger partial charge in [-0.15, -0.1) is 0 Å².